The second-order valence-electron chi connectivity index (χ2n) is 9.95. The number of para-hydroxylation sites is 2. The van der Waals surface area contributed by atoms with Crippen LogP contribution < -0.4 is 14.4 Å². The van der Waals surface area contributed by atoms with E-state index in [0.717, 1.165) is 33.5 Å². The van der Waals surface area contributed by atoms with E-state index in [-0.39, 0.29) is 5.91 Å². The second kappa shape index (κ2) is 12.8. The van der Waals surface area contributed by atoms with Crippen molar-refractivity contribution in [1.29, 1.82) is 0 Å². The minimum absolute atomic E-state index is 0.133. The molecule has 6 heteroatoms. The van der Waals surface area contributed by atoms with Gasteiger partial charge >= 0.3 is 0 Å². The average molecular weight is 583 g/mol. The van der Waals surface area contributed by atoms with Crippen molar-refractivity contribution >= 4 is 51.1 Å². The Balaban J connectivity index is 1.35. The molecule has 0 unspecified atom stereocenters. The summed E-state index contributed by atoms with van der Waals surface area (Å²) < 4.78 is 12.2. The van der Waals surface area contributed by atoms with Crippen LogP contribution >= 0.6 is 11.8 Å². The second-order valence-corrected chi connectivity index (χ2v) is 11.0. The Labute approximate surface area is 255 Å². The maximum Gasteiger partial charge on any atom is 0.271 e. The number of hydrogen-bond donors (Lipinski definition) is 0. The van der Waals surface area contributed by atoms with E-state index in [2.05, 4.69) is 30.8 Å². The Kier molecular flexibility index (Phi) is 8.38. The highest BCUT2D eigenvalue weighted by atomic mass is 32.2. The molecule has 1 heterocycles. The van der Waals surface area contributed by atoms with Gasteiger partial charge in [-0.15, -0.1) is 6.58 Å². The number of allylic oxidation sites excluding steroid dienone is 1. The average Bonchev–Trinajstić information content (AvgIpc) is 3.34. The number of carbonyl (C=O) groups is 1. The number of anilines is 1. The zero-order valence-corrected chi connectivity index (χ0v) is 24.6. The van der Waals surface area contributed by atoms with E-state index < -0.39 is 0 Å². The number of thioether (sulfide) groups is 1. The van der Waals surface area contributed by atoms with Gasteiger partial charge in [-0.25, -0.2) is 4.99 Å². The fourth-order valence-electron chi connectivity index (χ4n) is 5.08. The summed E-state index contributed by atoms with van der Waals surface area (Å²) in [5.74, 6) is 1.13. The van der Waals surface area contributed by atoms with Crippen LogP contribution in [-0.4, -0.2) is 18.2 Å². The fraction of sp³-hybridized carbons (Fsp3) is 0.0811. The van der Waals surface area contributed by atoms with E-state index in [1.165, 1.54) is 17.1 Å². The first-order valence-electron chi connectivity index (χ1n) is 14.0. The fourth-order valence-corrected chi connectivity index (χ4v) is 6.08. The van der Waals surface area contributed by atoms with Crippen molar-refractivity contribution in [1.82, 2.24) is 0 Å². The molecular weight excluding hydrogens is 552 g/mol. The van der Waals surface area contributed by atoms with Crippen LogP contribution in [0.5, 0.6) is 11.5 Å². The summed E-state index contributed by atoms with van der Waals surface area (Å²) in [7, 11) is 1.63. The Morgan fingerprint density at radius 3 is 2.35 bits per heavy atom. The molecule has 43 heavy (non-hydrogen) atoms. The Morgan fingerprint density at radius 2 is 1.58 bits per heavy atom. The molecule has 1 amide bonds. The maximum absolute atomic E-state index is 13.8. The molecule has 0 N–H and O–H groups in total. The zero-order valence-electron chi connectivity index (χ0n) is 23.8. The van der Waals surface area contributed by atoms with Gasteiger partial charge in [-0.1, -0.05) is 84.9 Å². The molecule has 0 bridgehead atoms. The monoisotopic (exact) mass is 582 g/mol. The SMILES string of the molecule is C=CCc1cc(/C=C2/SC(=Nc3ccccc3)N(c3ccccc3)C2=O)cc(OC)c1OCc1cccc2ccccc12. The number of hydrogen-bond acceptors (Lipinski definition) is 5. The normalized spacial score (nSPS) is 14.9. The largest absolute Gasteiger partial charge is 0.493 e. The molecule has 1 saturated heterocycles. The minimum atomic E-state index is -0.133. The van der Waals surface area contributed by atoms with Gasteiger partial charge in [0.05, 0.1) is 23.4 Å². The number of aliphatic imine (C=N–C) groups is 1. The molecule has 5 nitrogen and oxygen atoms in total. The molecule has 1 fully saturated rings. The first-order valence-corrected chi connectivity index (χ1v) is 14.8. The summed E-state index contributed by atoms with van der Waals surface area (Å²) in [6.07, 6.45) is 4.31. The lowest BCUT2D eigenvalue weighted by Gasteiger charge is -2.17. The summed E-state index contributed by atoms with van der Waals surface area (Å²) in [5, 5.41) is 2.92. The van der Waals surface area contributed by atoms with Crippen LogP contribution in [0.25, 0.3) is 16.8 Å². The van der Waals surface area contributed by atoms with Crippen LogP contribution in [0.4, 0.5) is 11.4 Å². The highest BCUT2D eigenvalue weighted by Gasteiger charge is 2.34. The quantitative estimate of drug-likeness (QED) is 0.129. The lowest BCUT2D eigenvalue weighted by atomic mass is 10.0. The summed E-state index contributed by atoms with van der Waals surface area (Å²) in [4.78, 5) is 20.8. The minimum Gasteiger partial charge on any atom is -0.493 e. The van der Waals surface area contributed by atoms with Gasteiger partial charge in [-0.05, 0) is 82.6 Å². The molecule has 0 aromatic heterocycles. The molecule has 0 saturated carbocycles. The van der Waals surface area contributed by atoms with Gasteiger partial charge < -0.3 is 9.47 Å². The van der Waals surface area contributed by atoms with Crippen LogP contribution in [-0.2, 0) is 17.8 Å². The van der Waals surface area contributed by atoms with E-state index in [1.807, 2.05) is 103 Å². The van der Waals surface area contributed by atoms with Crippen molar-refractivity contribution in [3.63, 3.8) is 0 Å². The molecule has 212 valence electrons. The third-order valence-electron chi connectivity index (χ3n) is 7.09. The molecule has 0 radical (unpaired) electrons. The Bertz CT molecular complexity index is 1840. The van der Waals surface area contributed by atoms with Crippen molar-refractivity contribution in [2.24, 2.45) is 4.99 Å². The van der Waals surface area contributed by atoms with Gasteiger partial charge in [0.25, 0.3) is 5.91 Å². The Morgan fingerprint density at radius 1 is 0.860 bits per heavy atom. The lowest BCUT2D eigenvalue weighted by Crippen LogP contribution is -2.28. The molecular formula is C37H30N2O3S. The highest BCUT2D eigenvalue weighted by molar-refractivity contribution is 8.19. The number of benzene rings is 5. The van der Waals surface area contributed by atoms with Crippen molar-refractivity contribution < 1.29 is 14.3 Å². The number of fused-ring (bicyclic) bond motifs is 1. The number of methoxy groups -OCH3 is 1. The third kappa shape index (κ3) is 6.10. The standard InChI is InChI=1S/C37H30N2O3S/c1-3-13-28-22-26(23-33(41-2)35(28)42-25-29-16-12-15-27-14-10-11-21-32(27)29)24-34-36(40)39(31-19-8-5-9-20-31)37(43-34)38-30-17-6-4-7-18-30/h3-12,14-24H,1,13,25H2,2H3/b34-24+,38-37?. The summed E-state index contributed by atoms with van der Waals surface area (Å²) in [6, 6.07) is 37.7. The van der Waals surface area contributed by atoms with E-state index >= 15 is 0 Å². The predicted octanol–water partition coefficient (Wildman–Crippen LogP) is 8.96. The van der Waals surface area contributed by atoms with Crippen molar-refractivity contribution in [2.75, 3.05) is 12.0 Å². The molecule has 1 aliphatic heterocycles. The number of carbonyl (C=O) groups excluding carboxylic acids is 1. The van der Waals surface area contributed by atoms with Crippen LogP contribution in [0.2, 0.25) is 0 Å². The van der Waals surface area contributed by atoms with Gasteiger partial charge in [0.15, 0.2) is 16.7 Å². The van der Waals surface area contributed by atoms with Crippen LogP contribution in [0, 0.1) is 0 Å². The molecule has 1 aliphatic rings. The van der Waals surface area contributed by atoms with Crippen LogP contribution in [0.1, 0.15) is 16.7 Å². The van der Waals surface area contributed by atoms with Gasteiger partial charge in [-0.3, -0.25) is 9.69 Å². The molecule has 5 aromatic rings. The van der Waals surface area contributed by atoms with E-state index in [0.29, 0.717) is 34.6 Å². The summed E-state index contributed by atoms with van der Waals surface area (Å²) in [5.41, 5.74) is 4.39. The number of amidine groups is 1. The molecule has 0 spiro atoms. The summed E-state index contributed by atoms with van der Waals surface area (Å²) in [6.45, 7) is 4.35. The molecule has 6 rings (SSSR count). The predicted molar refractivity (Wildman–Crippen MR) is 178 cm³/mol. The van der Waals surface area contributed by atoms with Gasteiger partial charge in [-0.2, -0.15) is 0 Å². The van der Waals surface area contributed by atoms with Crippen LogP contribution in [0.15, 0.2) is 138 Å². The maximum atomic E-state index is 13.8. The Hall–Kier alpha value is -5.07. The number of rotatable bonds is 9. The first kappa shape index (κ1) is 28.1. The number of amides is 1. The number of ether oxygens (including phenoxy) is 2. The van der Waals surface area contributed by atoms with E-state index in [9.17, 15) is 4.79 Å². The molecule has 0 atom stereocenters. The van der Waals surface area contributed by atoms with E-state index in [1.54, 1.807) is 12.0 Å². The van der Waals surface area contributed by atoms with Gasteiger partial charge in [0, 0.05) is 5.56 Å². The first-order chi connectivity index (χ1) is 21.1. The molecule has 5 aromatic carbocycles. The molecule has 0 aliphatic carbocycles. The van der Waals surface area contributed by atoms with Gasteiger partial charge in [0.1, 0.15) is 6.61 Å². The van der Waals surface area contributed by atoms with Crippen molar-refractivity contribution in [2.45, 2.75) is 13.0 Å². The topological polar surface area (TPSA) is 51.1 Å². The zero-order chi connectivity index (χ0) is 29.6. The van der Waals surface area contributed by atoms with Gasteiger partial charge in [0.2, 0.25) is 0 Å². The van der Waals surface area contributed by atoms with Crippen LogP contribution in [0.3, 0.4) is 0 Å². The van der Waals surface area contributed by atoms with Crippen molar-refractivity contribution in [3.8, 4) is 11.5 Å². The number of nitrogens with zero attached hydrogens (tertiary/aromatic N) is 2. The van der Waals surface area contributed by atoms with E-state index in [4.69, 9.17) is 14.5 Å². The smallest absolute Gasteiger partial charge is 0.271 e. The third-order valence-corrected chi connectivity index (χ3v) is 8.06. The summed E-state index contributed by atoms with van der Waals surface area (Å²) >= 11 is 1.35. The highest BCUT2D eigenvalue weighted by Crippen LogP contribution is 2.40. The van der Waals surface area contributed by atoms with Crippen molar-refractivity contribution in [3.05, 3.63) is 150 Å². The lowest BCUT2D eigenvalue weighted by molar-refractivity contribution is -0.113.